The fourth-order valence-electron chi connectivity index (χ4n) is 14.1. The Morgan fingerprint density at radius 3 is 0.467 bits per heavy atom. The number of fused-ring (bicyclic) bond motifs is 4. The zero-order valence-electron chi connectivity index (χ0n) is 66.3. The van der Waals surface area contributed by atoms with Gasteiger partial charge in [-0.25, -0.2) is 16.8 Å². The Labute approximate surface area is 729 Å². The molecule has 0 atom stereocenters. The fourth-order valence-corrected chi connectivity index (χ4v) is 23.8. The Morgan fingerprint density at radius 2 is 0.342 bits per heavy atom. The van der Waals surface area contributed by atoms with Gasteiger partial charge in [-0.3, -0.25) is 0 Å². The maximum Gasteiger partial charge on any atom is 0.485 e. The maximum absolute atomic E-state index is 10.7. The number of halogens is 6. The molecule has 0 heterocycles. The Kier molecular flexibility index (Phi) is 32.2. The van der Waals surface area contributed by atoms with E-state index in [2.05, 4.69) is 395 Å². The molecule has 0 aromatic heterocycles. The Hall–Kier alpha value is -9.08. The summed E-state index contributed by atoms with van der Waals surface area (Å²) in [5, 5.41) is 26.8. The standard InChI is InChI=1S/2C48H40P2.2CHF3O3S.2H2O.2Pd/c2*1-33-13-23-39(24-14-33)49(40-25-15-34(2)16-26-40)45-31-21-37-9-5-7-11-43(37)47(45)48-44-12-8-6-10-38(44)22-32-46(48)50(41-27-17-35(3)18-28-41)42-29-19-36(4)20-30-42;2*2-1(3,4)8(5,6)7;;;;/h2*5-32H,1-4H3;2*(H,5,6,7);2*1H2;;/p-2. The molecule has 120 heavy (non-hydrogen) atoms. The predicted molar refractivity (Wildman–Crippen MR) is 485 cm³/mol. The summed E-state index contributed by atoms with van der Waals surface area (Å²) in [6.45, 7) is 17.4. The van der Waals surface area contributed by atoms with Gasteiger partial charge in [0.25, 0.3) is 0 Å². The molecule has 22 heteroatoms. The molecule has 0 saturated carbocycles. The van der Waals surface area contributed by atoms with E-state index >= 15 is 0 Å². The minimum absolute atomic E-state index is 0. The Bertz CT molecular complexity index is 5530. The number of alkyl halides is 6. The molecule has 8 nitrogen and oxygen atoms in total. The van der Waals surface area contributed by atoms with Gasteiger partial charge in [-0.2, -0.15) is 26.3 Å². The predicted octanol–water partition coefficient (Wildman–Crippen LogP) is 19.3. The van der Waals surface area contributed by atoms with E-state index in [9.17, 15) is 26.3 Å². The van der Waals surface area contributed by atoms with Crippen LogP contribution >= 0.6 is 31.7 Å². The van der Waals surface area contributed by atoms with Crippen LogP contribution in [-0.2, 0) is 61.1 Å². The summed E-state index contributed by atoms with van der Waals surface area (Å²) in [6, 6.07) is 129. The van der Waals surface area contributed by atoms with Crippen molar-refractivity contribution in [3.05, 3.63) is 384 Å². The van der Waals surface area contributed by atoms with Crippen molar-refractivity contribution in [1.82, 2.24) is 0 Å². The molecular weight excluding hydrogens is 1820 g/mol. The number of hydrogen-bond donors (Lipinski definition) is 0. The second-order valence-corrected chi connectivity index (χ2v) is 40.0. The number of aryl methyl sites for hydroxylation is 8. The van der Waals surface area contributed by atoms with Gasteiger partial charge in [0, 0.05) is 40.8 Å². The fraction of sp³-hybridized carbons (Fsp3) is 0.102. The molecule has 0 amide bonds. The van der Waals surface area contributed by atoms with Crippen LogP contribution in [0.5, 0.6) is 0 Å². The molecule has 16 aromatic carbocycles. The quantitative estimate of drug-likeness (QED) is 0.0344. The van der Waals surface area contributed by atoms with E-state index in [1.165, 1.54) is 174 Å². The van der Waals surface area contributed by atoms with E-state index < -0.39 is 62.9 Å². The third-order valence-corrected chi connectivity index (χ3v) is 31.1. The van der Waals surface area contributed by atoms with Gasteiger partial charge in [-0.05, 0) is 216 Å². The molecule has 620 valence electrons. The first-order chi connectivity index (χ1) is 55.4. The third-order valence-electron chi connectivity index (χ3n) is 20.0. The van der Waals surface area contributed by atoms with E-state index in [0.29, 0.717) is 0 Å². The van der Waals surface area contributed by atoms with Crippen LogP contribution in [-0.4, -0.2) is 47.9 Å². The van der Waals surface area contributed by atoms with E-state index in [1.54, 1.807) is 0 Å². The van der Waals surface area contributed by atoms with Crippen LogP contribution in [0.15, 0.2) is 340 Å². The van der Waals surface area contributed by atoms with Crippen LogP contribution in [0.2, 0.25) is 0 Å². The minimum Gasteiger partial charge on any atom is -0.741 e. The zero-order valence-corrected chi connectivity index (χ0v) is 74.6. The van der Waals surface area contributed by atoms with E-state index in [1.807, 2.05) is 0 Å². The van der Waals surface area contributed by atoms with Crippen molar-refractivity contribution < 1.29 is 104 Å². The molecule has 0 unspecified atom stereocenters. The van der Waals surface area contributed by atoms with E-state index in [0.717, 1.165) is 0 Å². The van der Waals surface area contributed by atoms with Gasteiger partial charge in [-0.1, -0.05) is 384 Å². The normalized spacial score (nSPS) is 11.5. The molecule has 0 fully saturated rings. The van der Waals surface area contributed by atoms with Gasteiger partial charge in [0.05, 0.1) is 0 Å². The Balaban J connectivity index is 0.000000224. The van der Waals surface area contributed by atoms with Crippen molar-refractivity contribution in [2.45, 2.75) is 66.4 Å². The van der Waals surface area contributed by atoms with Crippen LogP contribution in [0, 0.1) is 55.4 Å². The van der Waals surface area contributed by atoms with Gasteiger partial charge < -0.3 is 20.1 Å². The van der Waals surface area contributed by atoms with Crippen molar-refractivity contribution in [3.8, 4) is 22.3 Å². The summed E-state index contributed by atoms with van der Waals surface area (Å²) in [6.07, 6.45) is 0. The monoisotopic (exact) mass is 1900 g/mol. The molecule has 0 aliphatic carbocycles. The second-order valence-electron chi connectivity index (χ2n) is 28.5. The number of benzene rings is 16. The maximum atomic E-state index is 10.7. The average Bonchev–Trinajstić information content (AvgIpc) is 0.735. The Morgan fingerprint density at radius 1 is 0.217 bits per heavy atom. The summed E-state index contributed by atoms with van der Waals surface area (Å²) in [7, 11) is -15.7. The van der Waals surface area contributed by atoms with Crippen molar-refractivity contribution in [3.63, 3.8) is 0 Å². The molecule has 0 saturated heterocycles. The van der Waals surface area contributed by atoms with Crippen LogP contribution in [0.1, 0.15) is 44.5 Å². The summed E-state index contributed by atoms with van der Waals surface area (Å²) >= 11 is 0. The first kappa shape index (κ1) is 94.8. The molecule has 0 bridgehead atoms. The van der Waals surface area contributed by atoms with Gasteiger partial charge in [0.1, 0.15) is 0 Å². The molecule has 0 aliphatic heterocycles. The minimum atomic E-state index is -6.09. The van der Waals surface area contributed by atoms with Crippen LogP contribution in [0.4, 0.5) is 26.3 Å². The first-order valence-electron chi connectivity index (χ1n) is 37.2. The van der Waals surface area contributed by atoms with Gasteiger partial charge >= 0.3 is 11.0 Å². The molecule has 0 aliphatic rings. The van der Waals surface area contributed by atoms with E-state index in [-0.39, 0.29) is 51.8 Å². The summed E-state index contributed by atoms with van der Waals surface area (Å²) < 4.78 is 118. The smallest absolute Gasteiger partial charge is 0.485 e. The largest absolute Gasteiger partial charge is 0.741 e. The summed E-state index contributed by atoms with van der Waals surface area (Å²) in [4.78, 5) is 0. The first-order valence-corrected chi connectivity index (χ1v) is 45.4. The zero-order chi connectivity index (χ0) is 82.4. The molecule has 16 aromatic rings. The number of rotatable bonds is 14. The number of hydrogen-bond acceptors (Lipinski definition) is 6. The van der Waals surface area contributed by atoms with Gasteiger partial charge in [0.2, 0.25) is 0 Å². The topological polar surface area (TPSA) is 177 Å². The van der Waals surface area contributed by atoms with Crippen molar-refractivity contribution in [1.29, 1.82) is 0 Å². The van der Waals surface area contributed by atoms with Gasteiger partial charge in [0.15, 0.2) is 20.2 Å². The molecule has 0 radical (unpaired) electrons. The van der Waals surface area contributed by atoms with Gasteiger partial charge in [-0.15, -0.1) is 0 Å². The van der Waals surface area contributed by atoms with Crippen molar-refractivity contribution in [2.75, 3.05) is 0 Å². The van der Waals surface area contributed by atoms with E-state index in [4.69, 9.17) is 25.9 Å². The molecular formula is C98H84F6O8P4Pd2S2-2. The summed E-state index contributed by atoms with van der Waals surface area (Å²) in [5.41, 5.74) is 4.39. The van der Waals surface area contributed by atoms with Crippen LogP contribution in [0.25, 0.3) is 65.3 Å². The van der Waals surface area contributed by atoms with Crippen molar-refractivity contribution in [2.24, 2.45) is 0 Å². The second kappa shape index (κ2) is 40.7. The van der Waals surface area contributed by atoms with Crippen LogP contribution < -0.4 is 63.7 Å². The van der Waals surface area contributed by atoms with Crippen LogP contribution in [0.3, 0.4) is 0 Å². The molecule has 0 spiro atoms. The molecule has 4 N–H and O–H groups in total. The average molecular weight is 1900 g/mol. The van der Waals surface area contributed by atoms with Crippen molar-refractivity contribution >= 4 is 159 Å². The molecule has 16 rings (SSSR count). The SMILES string of the molecule is Cc1ccc(P(c2ccc(C)cc2)c2ccc3ccccc3c2-c2c(P(c3ccc(C)cc3)c3ccc(C)cc3)ccc3ccccc23)cc1.Cc1ccc(P(c2ccc(C)cc2)c2ccc3ccccc3c2-c2c(P(c3ccc(C)cc3)c3ccc(C)cc3)ccc3ccccc23)cc1.O.O.O=S(=O)([O-])C(F)(F)F.O=S(=O)([O-])C(F)(F)F.[Pd].[Pd]. The third kappa shape index (κ3) is 21.9. The summed E-state index contributed by atoms with van der Waals surface area (Å²) in [5.74, 6) is 0.